The van der Waals surface area contributed by atoms with Gasteiger partial charge in [0.05, 0.1) is 0 Å². The van der Waals surface area contributed by atoms with Crippen molar-refractivity contribution in [3.05, 3.63) is 28.2 Å². The van der Waals surface area contributed by atoms with Gasteiger partial charge in [0.15, 0.2) is 0 Å². The fourth-order valence-electron chi connectivity index (χ4n) is 1.39. The number of nitrogens with two attached hydrogens (primary N) is 1. The Balaban J connectivity index is 2.43. The highest BCUT2D eigenvalue weighted by Crippen LogP contribution is 2.30. The van der Waals surface area contributed by atoms with Crippen LogP contribution < -0.4 is 10.5 Å². The molecule has 12 heavy (non-hydrogen) atoms. The molecule has 0 saturated carbocycles. The first-order valence-corrected chi connectivity index (χ1v) is 4.72. The minimum absolute atomic E-state index is 0.135. The van der Waals surface area contributed by atoms with Crippen LogP contribution >= 0.6 is 15.9 Å². The molecule has 0 amide bonds. The van der Waals surface area contributed by atoms with Crippen LogP contribution in [0.4, 0.5) is 0 Å². The monoisotopic (exact) mass is 227 g/mol. The first-order valence-electron chi connectivity index (χ1n) is 3.93. The molecule has 0 unspecified atom stereocenters. The summed E-state index contributed by atoms with van der Waals surface area (Å²) in [7, 11) is 0. The molecule has 1 aliphatic heterocycles. The lowest BCUT2D eigenvalue weighted by Gasteiger charge is -2.23. The molecule has 0 bridgehead atoms. The Morgan fingerprint density at radius 1 is 1.50 bits per heavy atom. The van der Waals surface area contributed by atoms with Gasteiger partial charge in [-0.05, 0) is 18.6 Å². The van der Waals surface area contributed by atoms with Crippen LogP contribution in [0.1, 0.15) is 5.56 Å². The van der Waals surface area contributed by atoms with Gasteiger partial charge in [-0.25, -0.2) is 0 Å². The third-order valence-electron chi connectivity index (χ3n) is 2.00. The second-order valence-electron chi connectivity index (χ2n) is 2.99. The van der Waals surface area contributed by atoms with Gasteiger partial charge in [-0.3, -0.25) is 0 Å². The zero-order valence-corrected chi connectivity index (χ0v) is 8.17. The maximum Gasteiger partial charge on any atom is 0.123 e. The molecular weight excluding hydrogens is 218 g/mol. The molecule has 1 aromatic rings. The van der Waals surface area contributed by atoms with E-state index in [1.54, 1.807) is 0 Å². The Morgan fingerprint density at radius 2 is 2.33 bits per heavy atom. The van der Waals surface area contributed by atoms with E-state index in [4.69, 9.17) is 10.5 Å². The standard InChI is InChI=1S/C9H10BrNO/c10-8-2-1-3-9-7(8)4-6(11)5-12-9/h1-3,6H,4-5,11H2/t6-/m1/s1. The maximum absolute atomic E-state index is 5.77. The molecule has 0 aromatic heterocycles. The molecule has 64 valence electrons. The molecule has 1 aliphatic rings. The van der Waals surface area contributed by atoms with E-state index >= 15 is 0 Å². The van der Waals surface area contributed by atoms with Crippen molar-refractivity contribution in [1.29, 1.82) is 0 Å². The van der Waals surface area contributed by atoms with E-state index in [0.29, 0.717) is 6.61 Å². The molecule has 0 spiro atoms. The molecule has 0 fully saturated rings. The van der Waals surface area contributed by atoms with Crippen molar-refractivity contribution in [2.45, 2.75) is 12.5 Å². The SMILES string of the molecule is N[C@H]1COc2cccc(Br)c2C1. The second-order valence-corrected chi connectivity index (χ2v) is 3.85. The molecular formula is C9H10BrNO. The second kappa shape index (κ2) is 3.07. The Labute approximate surface area is 79.8 Å². The highest BCUT2D eigenvalue weighted by molar-refractivity contribution is 9.10. The van der Waals surface area contributed by atoms with E-state index in [2.05, 4.69) is 15.9 Å². The van der Waals surface area contributed by atoms with Crippen LogP contribution in [-0.4, -0.2) is 12.6 Å². The number of halogens is 1. The number of rotatable bonds is 0. The molecule has 2 rings (SSSR count). The van der Waals surface area contributed by atoms with Crippen molar-refractivity contribution in [1.82, 2.24) is 0 Å². The minimum atomic E-state index is 0.135. The summed E-state index contributed by atoms with van der Waals surface area (Å²) in [6.07, 6.45) is 0.900. The van der Waals surface area contributed by atoms with E-state index in [1.165, 1.54) is 5.56 Å². The van der Waals surface area contributed by atoms with Crippen LogP contribution in [0.5, 0.6) is 5.75 Å². The average molecular weight is 228 g/mol. The predicted molar refractivity (Wildman–Crippen MR) is 51.3 cm³/mol. The van der Waals surface area contributed by atoms with Crippen molar-refractivity contribution in [2.75, 3.05) is 6.61 Å². The van der Waals surface area contributed by atoms with Gasteiger partial charge < -0.3 is 10.5 Å². The number of ether oxygens (including phenoxy) is 1. The van der Waals surface area contributed by atoms with E-state index in [-0.39, 0.29) is 6.04 Å². The van der Waals surface area contributed by atoms with Gasteiger partial charge >= 0.3 is 0 Å². The Morgan fingerprint density at radius 3 is 3.17 bits per heavy atom. The third-order valence-corrected chi connectivity index (χ3v) is 2.74. The van der Waals surface area contributed by atoms with Gasteiger partial charge in [0.25, 0.3) is 0 Å². The van der Waals surface area contributed by atoms with Gasteiger partial charge in [0.1, 0.15) is 12.4 Å². The summed E-state index contributed by atoms with van der Waals surface area (Å²) in [5.74, 6) is 0.964. The molecule has 0 saturated heterocycles. The van der Waals surface area contributed by atoms with Crippen molar-refractivity contribution >= 4 is 15.9 Å². The van der Waals surface area contributed by atoms with E-state index in [1.807, 2.05) is 18.2 Å². The third kappa shape index (κ3) is 1.34. The highest BCUT2D eigenvalue weighted by atomic mass is 79.9. The fraction of sp³-hybridized carbons (Fsp3) is 0.333. The zero-order chi connectivity index (χ0) is 8.55. The molecule has 2 N–H and O–H groups in total. The fourth-order valence-corrected chi connectivity index (χ4v) is 1.90. The topological polar surface area (TPSA) is 35.2 Å². The van der Waals surface area contributed by atoms with Crippen molar-refractivity contribution in [3.63, 3.8) is 0 Å². The summed E-state index contributed by atoms with van der Waals surface area (Å²) in [6, 6.07) is 6.10. The van der Waals surface area contributed by atoms with Gasteiger partial charge in [-0.2, -0.15) is 0 Å². The Kier molecular flexibility index (Phi) is 2.07. The van der Waals surface area contributed by atoms with Crippen molar-refractivity contribution < 1.29 is 4.74 Å². The van der Waals surface area contributed by atoms with E-state index < -0.39 is 0 Å². The number of hydrogen-bond acceptors (Lipinski definition) is 2. The molecule has 1 aromatic carbocycles. The van der Waals surface area contributed by atoms with Gasteiger partial charge in [-0.1, -0.05) is 22.0 Å². The Hall–Kier alpha value is -0.540. The lowest BCUT2D eigenvalue weighted by molar-refractivity contribution is 0.263. The number of hydrogen-bond donors (Lipinski definition) is 1. The van der Waals surface area contributed by atoms with Crippen LogP contribution in [0.2, 0.25) is 0 Å². The quantitative estimate of drug-likeness (QED) is 0.733. The molecule has 1 atom stereocenters. The molecule has 3 heteroatoms. The first-order chi connectivity index (χ1) is 5.77. The summed E-state index contributed by atoms with van der Waals surface area (Å²) < 4.78 is 6.55. The van der Waals surface area contributed by atoms with Gasteiger partial charge in [-0.15, -0.1) is 0 Å². The largest absolute Gasteiger partial charge is 0.492 e. The van der Waals surface area contributed by atoms with Crippen LogP contribution in [0.15, 0.2) is 22.7 Å². The summed E-state index contributed by atoms with van der Waals surface area (Å²) in [5.41, 5.74) is 6.96. The van der Waals surface area contributed by atoms with Crippen molar-refractivity contribution in [2.24, 2.45) is 5.73 Å². The van der Waals surface area contributed by atoms with Gasteiger partial charge in [0.2, 0.25) is 0 Å². The maximum atomic E-state index is 5.77. The van der Waals surface area contributed by atoms with Crippen LogP contribution in [-0.2, 0) is 6.42 Å². The molecule has 0 radical (unpaired) electrons. The van der Waals surface area contributed by atoms with E-state index in [0.717, 1.165) is 16.6 Å². The number of benzene rings is 1. The lowest BCUT2D eigenvalue weighted by Crippen LogP contribution is -2.33. The minimum Gasteiger partial charge on any atom is -0.492 e. The molecule has 2 nitrogen and oxygen atoms in total. The summed E-state index contributed by atoms with van der Waals surface area (Å²) in [5, 5.41) is 0. The predicted octanol–water partition coefficient (Wildman–Crippen LogP) is 1.71. The smallest absolute Gasteiger partial charge is 0.123 e. The first kappa shape index (κ1) is 8.08. The summed E-state index contributed by atoms with van der Waals surface area (Å²) in [4.78, 5) is 0. The van der Waals surface area contributed by atoms with Crippen LogP contribution in [0, 0.1) is 0 Å². The average Bonchev–Trinajstić information content (AvgIpc) is 2.07. The molecule has 1 heterocycles. The Bertz CT molecular complexity index is 301. The zero-order valence-electron chi connectivity index (χ0n) is 6.59. The molecule has 0 aliphatic carbocycles. The lowest BCUT2D eigenvalue weighted by atomic mass is 10.0. The van der Waals surface area contributed by atoms with Crippen LogP contribution in [0.25, 0.3) is 0 Å². The van der Waals surface area contributed by atoms with Crippen LogP contribution in [0.3, 0.4) is 0 Å². The highest BCUT2D eigenvalue weighted by Gasteiger charge is 2.17. The number of fused-ring (bicyclic) bond motifs is 1. The summed E-state index contributed by atoms with van der Waals surface area (Å²) >= 11 is 3.47. The summed E-state index contributed by atoms with van der Waals surface area (Å²) in [6.45, 7) is 0.628. The normalized spacial score (nSPS) is 21.3. The van der Waals surface area contributed by atoms with Gasteiger partial charge in [0, 0.05) is 16.1 Å². The van der Waals surface area contributed by atoms with E-state index in [9.17, 15) is 0 Å². The van der Waals surface area contributed by atoms with Crippen molar-refractivity contribution in [3.8, 4) is 5.75 Å².